The van der Waals surface area contributed by atoms with Gasteiger partial charge in [-0.3, -0.25) is 0 Å². The Hall–Kier alpha value is -1.10. The van der Waals surface area contributed by atoms with Gasteiger partial charge in [-0.15, -0.1) is 11.3 Å². The predicted molar refractivity (Wildman–Crippen MR) is 90.3 cm³/mol. The van der Waals surface area contributed by atoms with E-state index >= 15 is 0 Å². The summed E-state index contributed by atoms with van der Waals surface area (Å²) >= 11 is 8.10. The normalized spacial score (nSPS) is 14.4. The van der Waals surface area contributed by atoms with Gasteiger partial charge >= 0.3 is 0 Å². The number of rotatable bonds is 6. The Morgan fingerprint density at radius 3 is 2.90 bits per heavy atom. The van der Waals surface area contributed by atoms with Gasteiger partial charge in [0.25, 0.3) is 0 Å². The molecule has 3 nitrogen and oxygen atoms in total. The highest BCUT2D eigenvalue weighted by Crippen LogP contribution is 2.29. The summed E-state index contributed by atoms with van der Waals surface area (Å²) < 4.78 is 0. The van der Waals surface area contributed by atoms with Crippen LogP contribution in [0.5, 0.6) is 0 Å². The molecule has 1 N–H and O–H groups in total. The van der Waals surface area contributed by atoms with E-state index < -0.39 is 0 Å². The number of hydrogen-bond donors (Lipinski definition) is 1. The number of nitrogens with one attached hydrogen (secondary N) is 1. The molecule has 1 aromatic carbocycles. The van der Waals surface area contributed by atoms with Crippen LogP contribution in [0.15, 0.2) is 23.6 Å². The van der Waals surface area contributed by atoms with Crippen molar-refractivity contribution < 1.29 is 0 Å². The van der Waals surface area contributed by atoms with Crippen LogP contribution in [0, 0.1) is 6.92 Å². The highest BCUT2D eigenvalue weighted by molar-refractivity contribution is 7.09. The van der Waals surface area contributed by atoms with Gasteiger partial charge in [-0.05, 0) is 31.9 Å². The molecule has 21 heavy (non-hydrogen) atoms. The lowest BCUT2D eigenvalue weighted by Gasteiger charge is -2.22. The van der Waals surface area contributed by atoms with Gasteiger partial charge < -0.3 is 10.2 Å². The zero-order valence-corrected chi connectivity index (χ0v) is 14.0. The first kappa shape index (κ1) is 14.8. The Morgan fingerprint density at radius 1 is 1.43 bits per heavy atom. The van der Waals surface area contributed by atoms with Gasteiger partial charge in [-0.2, -0.15) is 0 Å². The quantitative estimate of drug-likeness (QED) is 0.872. The van der Waals surface area contributed by atoms with Crippen LogP contribution in [-0.4, -0.2) is 18.1 Å². The number of halogens is 1. The largest absolute Gasteiger partial charge is 0.368 e. The van der Waals surface area contributed by atoms with Crippen LogP contribution in [0.3, 0.4) is 0 Å². The summed E-state index contributed by atoms with van der Waals surface area (Å²) in [7, 11) is 2.10. The Labute approximate surface area is 135 Å². The van der Waals surface area contributed by atoms with Gasteiger partial charge in [-0.25, -0.2) is 4.98 Å². The lowest BCUT2D eigenvalue weighted by atomic mass is 10.1. The monoisotopic (exact) mass is 321 g/mol. The minimum absolute atomic E-state index is 0.681. The first-order valence-corrected chi connectivity index (χ1v) is 8.52. The van der Waals surface area contributed by atoms with Crippen molar-refractivity contribution in [3.05, 3.63) is 44.9 Å². The average Bonchev–Trinajstić information content (AvgIpc) is 3.19. The second-order valence-electron chi connectivity index (χ2n) is 5.61. The molecule has 1 aliphatic rings. The average molecular weight is 322 g/mol. The van der Waals surface area contributed by atoms with E-state index in [2.05, 4.69) is 33.7 Å². The summed E-state index contributed by atoms with van der Waals surface area (Å²) in [5.74, 6) is 0. The van der Waals surface area contributed by atoms with Crippen molar-refractivity contribution in [3.63, 3.8) is 0 Å². The molecule has 0 aliphatic heterocycles. The lowest BCUT2D eigenvalue weighted by molar-refractivity contribution is 0.685. The molecule has 0 spiro atoms. The van der Waals surface area contributed by atoms with Crippen LogP contribution in [0.1, 0.15) is 29.1 Å². The van der Waals surface area contributed by atoms with Crippen molar-refractivity contribution in [2.24, 2.45) is 0 Å². The number of aromatic nitrogens is 1. The maximum atomic E-state index is 6.40. The summed E-state index contributed by atoms with van der Waals surface area (Å²) in [4.78, 5) is 6.77. The van der Waals surface area contributed by atoms with Crippen molar-refractivity contribution in [3.8, 4) is 0 Å². The standard InChI is InChI=1S/C16H20ClN3S/c1-11-19-13(10-21-11)9-20(2)16-5-3-4-15(17)14(16)8-18-12-6-7-12/h3-5,10,12,18H,6-9H2,1-2H3. The summed E-state index contributed by atoms with van der Waals surface area (Å²) in [6, 6.07) is 6.80. The van der Waals surface area contributed by atoms with Gasteiger partial charge in [0.05, 0.1) is 17.2 Å². The fraction of sp³-hybridized carbons (Fsp3) is 0.438. The first-order chi connectivity index (χ1) is 10.1. The first-order valence-electron chi connectivity index (χ1n) is 7.26. The Bertz CT molecular complexity index is 622. The molecule has 0 radical (unpaired) electrons. The molecule has 0 atom stereocenters. The maximum absolute atomic E-state index is 6.40. The number of thiazole rings is 1. The van der Waals surface area contributed by atoms with Crippen molar-refractivity contribution in [2.45, 2.75) is 38.9 Å². The molecule has 1 saturated carbocycles. The number of nitrogens with zero attached hydrogens (tertiary/aromatic N) is 2. The van der Waals surface area contributed by atoms with E-state index in [-0.39, 0.29) is 0 Å². The van der Waals surface area contributed by atoms with Crippen molar-refractivity contribution in [2.75, 3.05) is 11.9 Å². The number of anilines is 1. The van der Waals surface area contributed by atoms with E-state index in [1.807, 2.05) is 19.1 Å². The molecular weight excluding hydrogens is 302 g/mol. The molecule has 1 heterocycles. The van der Waals surface area contributed by atoms with Gasteiger partial charge in [0.2, 0.25) is 0 Å². The van der Waals surface area contributed by atoms with Crippen LogP contribution < -0.4 is 10.2 Å². The molecule has 1 aromatic heterocycles. The summed E-state index contributed by atoms with van der Waals surface area (Å²) in [5.41, 5.74) is 3.47. The number of benzene rings is 1. The SMILES string of the molecule is Cc1nc(CN(C)c2cccc(Cl)c2CNC2CC2)cs1. The molecule has 2 aromatic rings. The number of hydrogen-bond acceptors (Lipinski definition) is 4. The molecule has 0 unspecified atom stereocenters. The highest BCUT2D eigenvalue weighted by atomic mass is 35.5. The molecule has 3 rings (SSSR count). The summed E-state index contributed by atoms with van der Waals surface area (Å²) in [6.07, 6.45) is 2.57. The topological polar surface area (TPSA) is 28.2 Å². The van der Waals surface area contributed by atoms with Gasteiger partial charge in [0, 0.05) is 41.3 Å². The highest BCUT2D eigenvalue weighted by Gasteiger charge is 2.21. The number of aryl methyl sites for hydroxylation is 1. The lowest BCUT2D eigenvalue weighted by Crippen LogP contribution is -2.22. The van der Waals surface area contributed by atoms with Crippen LogP contribution in [-0.2, 0) is 13.1 Å². The van der Waals surface area contributed by atoms with Crippen LogP contribution in [0.4, 0.5) is 5.69 Å². The van der Waals surface area contributed by atoms with Crippen molar-refractivity contribution in [1.82, 2.24) is 10.3 Å². The zero-order chi connectivity index (χ0) is 14.8. The molecular formula is C16H20ClN3S. The molecule has 112 valence electrons. The Morgan fingerprint density at radius 2 is 2.24 bits per heavy atom. The van der Waals surface area contributed by atoms with Gasteiger partial charge in [0.15, 0.2) is 0 Å². The molecule has 0 bridgehead atoms. The van der Waals surface area contributed by atoms with E-state index in [0.717, 1.165) is 28.8 Å². The molecule has 1 aliphatic carbocycles. The molecule has 0 saturated heterocycles. The fourth-order valence-corrected chi connectivity index (χ4v) is 3.26. The van der Waals surface area contributed by atoms with Gasteiger partial charge in [-0.1, -0.05) is 17.7 Å². The summed E-state index contributed by atoms with van der Waals surface area (Å²) in [6.45, 7) is 3.68. The smallest absolute Gasteiger partial charge is 0.0898 e. The van der Waals surface area contributed by atoms with Gasteiger partial charge in [0.1, 0.15) is 0 Å². The van der Waals surface area contributed by atoms with Crippen LogP contribution in [0.2, 0.25) is 5.02 Å². The fourth-order valence-electron chi connectivity index (χ4n) is 2.42. The second-order valence-corrected chi connectivity index (χ2v) is 7.08. The third-order valence-corrected chi connectivity index (χ3v) is 4.89. The van der Waals surface area contributed by atoms with Crippen molar-refractivity contribution >= 4 is 28.6 Å². The van der Waals surface area contributed by atoms with E-state index in [1.165, 1.54) is 24.1 Å². The zero-order valence-electron chi connectivity index (χ0n) is 12.4. The summed E-state index contributed by atoms with van der Waals surface area (Å²) in [5, 5.41) is 7.62. The molecule has 1 fully saturated rings. The van der Waals surface area contributed by atoms with E-state index in [9.17, 15) is 0 Å². The third kappa shape index (κ3) is 3.76. The Kier molecular flexibility index (Phi) is 4.48. The van der Waals surface area contributed by atoms with Crippen LogP contribution >= 0.6 is 22.9 Å². The minimum atomic E-state index is 0.681. The van der Waals surface area contributed by atoms with E-state index in [4.69, 9.17) is 11.6 Å². The van der Waals surface area contributed by atoms with E-state index in [0.29, 0.717) is 6.04 Å². The van der Waals surface area contributed by atoms with E-state index in [1.54, 1.807) is 11.3 Å². The van der Waals surface area contributed by atoms with Crippen molar-refractivity contribution in [1.29, 1.82) is 0 Å². The molecule has 0 amide bonds. The predicted octanol–water partition coefficient (Wildman–Crippen LogP) is 3.99. The van der Waals surface area contributed by atoms with Crippen LogP contribution in [0.25, 0.3) is 0 Å². The Balaban J connectivity index is 1.77. The maximum Gasteiger partial charge on any atom is 0.0898 e. The minimum Gasteiger partial charge on any atom is -0.368 e. The third-order valence-electron chi connectivity index (χ3n) is 3.72. The second kappa shape index (κ2) is 6.34. The molecule has 5 heteroatoms.